The van der Waals surface area contributed by atoms with E-state index in [9.17, 15) is 9.18 Å². The van der Waals surface area contributed by atoms with Crippen molar-refractivity contribution >= 4 is 11.9 Å². The largest absolute Gasteiger partial charge is 0.497 e. The molecule has 0 bridgehead atoms. The molecule has 0 aromatic heterocycles. The molecule has 3 heteroatoms. The highest BCUT2D eigenvalue weighted by Gasteiger charge is 2.37. The predicted octanol–water partition coefficient (Wildman–Crippen LogP) is 5.25. The Balaban J connectivity index is 1.88. The van der Waals surface area contributed by atoms with Crippen molar-refractivity contribution < 1.29 is 13.9 Å². The Morgan fingerprint density at radius 3 is 2.35 bits per heavy atom. The molecule has 4 rings (SSSR count). The van der Waals surface area contributed by atoms with Crippen molar-refractivity contribution in [2.45, 2.75) is 5.92 Å². The van der Waals surface area contributed by atoms with Crippen molar-refractivity contribution in [1.29, 1.82) is 0 Å². The summed E-state index contributed by atoms with van der Waals surface area (Å²) in [6, 6.07) is 22.0. The summed E-state index contributed by atoms with van der Waals surface area (Å²) in [4.78, 5) is 13.0. The average molecular weight is 344 g/mol. The van der Waals surface area contributed by atoms with E-state index in [0.717, 1.165) is 22.4 Å². The molecule has 2 nitrogen and oxygen atoms in total. The minimum absolute atomic E-state index is 0.182. The van der Waals surface area contributed by atoms with Gasteiger partial charge >= 0.3 is 0 Å². The molecule has 128 valence electrons. The zero-order valence-corrected chi connectivity index (χ0v) is 14.3. The third-order valence-corrected chi connectivity index (χ3v) is 4.73. The van der Waals surface area contributed by atoms with Crippen LogP contribution in [-0.4, -0.2) is 12.9 Å². The molecular formula is C23H17FO2. The molecule has 0 aliphatic heterocycles. The van der Waals surface area contributed by atoms with Crippen molar-refractivity contribution in [3.05, 3.63) is 106 Å². The second-order valence-electron chi connectivity index (χ2n) is 6.25. The molecule has 26 heavy (non-hydrogen) atoms. The SMILES string of the molecule is COc1ccc(/C=C2\C(=O)c3c(F)cccc3[C@H]2c2ccccc2)cc1. The van der Waals surface area contributed by atoms with Crippen LogP contribution in [0, 0.1) is 5.82 Å². The number of carbonyl (C=O) groups excluding carboxylic acids is 1. The summed E-state index contributed by atoms with van der Waals surface area (Å²) in [5.41, 5.74) is 3.34. The molecule has 0 fully saturated rings. The number of ether oxygens (including phenoxy) is 1. The van der Waals surface area contributed by atoms with Gasteiger partial charge in [-0.3, -0.25) is 4.79 Å². The van der Waals surface area contributed by atoms with E-state index in [0.29, 0.717) is 5.57 Å². The third kappa shape index (κ3) is 2.72. The van der Waals surface area contributed by atoms with Crippen LogP contribution >= 0.6 is 0 Å². The first kappa shape index (κ1) is 16.3. The number of Topliss-reactive ketones (excluding diaryl/α,β-unsaturated/α-hetero) is 1. The molecule has 3 aromatic carbocycles. The molecule has 1 aliphatic carbocycles. The van der Waals surface area contributed by atoms with E-state index in [1.165, 1.54) is 6.07 Å². The zero-order valence-electron chi connectivity index (χ0n) is 14.3. The molecule has 0 saturated carbocycles. The summed E-state index contributed by atoms with van der Waals surface area (Å²) in [6.07, 6.45) is 1.85. The van der Waals surface area contributed by atoms with E-state index in [1.807, 2.05) is 66.7 Å². The van der Waals surface area contributed by atoms with Gasteiger partial charge in [-0.05, 0) is 41.0 Å². The number of hydrogen-bond donors (Lipinski definition) is 0. The van der Waals surface area contributed by atoms with Gasteiger partial charge in [0.15, 0.2) is 5.78 Å². The van der Waals surface area contributed by atoms with Gasteiger partial charge in [0.2, 0.25) is 0 Å². The molecule has 1 atom stereocenters. The number of halogens is 1. The van der Waals surface area contributed by atoms with Crippen molar-refractivity contribution in [3.63, 3.8) is 0 Å². The first-order chi connectivity index (χ1) is 12.7. The number of benzene rings is 3. The van der Waals surface area contributed by atoms with Crippen LogP contribution in [0.3, 0.4) is 0 Å². The minimum atomic E-state index is -0.466. The number of carbonyl (C=O) groups is 1. The molecule has 0 spiro atoms. The van der Waals surface area contributed by atoms with Gasteiger partial charge in [-0.2, -0.15) is 0 Å². The van der Waals surface area contributed by atoms with Gasteiger partial charge < -0.3 is 4.74 Å². The van der Waals surface area contributed by atoms with E-state index >= 15 is 0 Å². The van der Waals surface area contributed by atoms with Crippen LogP contribution in [0.4, 0.5) is 4.39 Å². The molecule has 0 unspecified atom stereocenters. The van der Waals surface area contributed by atoms with Crippen LogP contribution in [0.5, 0.6) is 5.75 Å². The average Bonchev–Trinajstić information content (AvgIpc) is 2.96. The molecule has 0 heterocycles. The van der Waals surface area contributed by atoms with Crippen LogP contribution in [-0.2, 0) is 0 Å². The summed E-state index contributed by atoms with van der Waals surface area (Å²) in [5, 5.41) is 0. The fourth-order valence-corrected chi connectivity index (χ4v) is 3.50. The lowest BCUT2D eigenvalue weighted by Gasteiger charge is -2.14. The van der Waals surface area contributed by atoms with Crippen molar-refractivity contribution in [1.82, 2.24) is 0 Å². The Morgan fingerprint density at radius 2 is 1.65 bits per heavy atom. The fourth-order valence-electron chi connectivity index (χ4n) is 3.50. The quantitative estimate of drug-likeness (QED) is 0.607. The smallest absolute Gasteiger partial charge is 0.193 e. The van der Waals surface area contributed by atoms with Crippen LogP contribution < -0.4 is 4.74 Å². The van der Waals surface area contributed by atoms with Crippen LogP contribution in [0.2, 0.25) is 0 Å². The Kier molecular flexibility index (Phi) is 4.13. The first-order valence-corrected chi connectivity index (χ1v) is 8.42. The normalized spacial score (nSPS) is 17.4. The van der Waals surface area contributed by atoms with Crippen molar-refractivity contribution in [2.24, 2.45) is 0 Å². The number of fused-ring (bicyclic) bond motifs is 1. The molecule has 0 saturated heterocycles. The van der Waals surface area contributed by atoms with E-state index in [-0.39, 0.29) is 17.3 Å². The molecular weight excluding hydrogens is 327 g/mol. The zero-order chi connectivity index (χ0) is 18.1. The molecule has 0 radical (unpaired) electrons. The van der Waals surface area contributed by atoms with Gasteiger partial charge in [-0.15, -0.1) is 0 Å². The summed E-state index contributed by atoms with van der Waals surface area (Å²) in [6.45, 7) is 0. The monoisotopic (exact) mass is 344 g/mol. The Bertz CT molecular complexity index is 988. The van der Waals surface area contributed by atoms with Gasteiger partial charge in [0.25, 0.3) is 0 Å². The molecule has 0 N–H and O–H groups in total. The van der Waals surface area contributed by atoms with Gasteiger partial charge in [0, 0.05) is 11.5 Å². The number of rotatable bonds is 3. The van der Waals surface area contributed by atoms with Crippen molar-refractivity contribution in [3.8, 4) is 5.75 Å². The summed E-state index contributed by atoms with van der Waals surface area (Å²) in [7, 11) is 1.61. The maximum atomic E-state index is 14.4. The highest BCUT2D eigenvalue weighted by atomic mass is 19.1. The lowest BCUT2D eigenvalue weighted by atomic mass is 9.89. The van der Waals surface area contributed by atoms with E-state index in [4.69, 9.17) is 4.74 Å². The number of ketones is 1. The topological polar surface area (TPSA) is 26.3 Å². The lowest BCUT2D eigenvalue weighted by Crippen LogP contribution is -2.02. The summed E-state index contributed by atoms with van der Waals surface area (Å²) in [5.74, 6) is -0.232. The highest BCUT2D eigenvalue weighted by molar-refractivity contribution is 6.17. The van der Waals surface area contributed by atoms with E-state index in [1.54, 1.807) is 13.2 Å². The maximum Gasteiger partial charge on any atom is 0.193 e. The maximum absolute atomic E-state index is 14.4. The van der Waals surface area contributed by atoms with Gasteiger partial charge in [0.1, 0.15) is 11.6 Å². The van der Waals surface area contributed by atoms with E-state index in [2.05, 4.69) is 0 Å². The second-order valence-corrected chi connectivity index (χ2v) is 6.25. The molecule has 1 aliphatic rings. The number of methoxy groups -OCH3 is 1. The highest BCUT2D eigenvalue weighted by Crippen LogP contribution is 2.43. The van der Waals surface area contributed by atoms with Gasteiger partial charge in [-0.1, -0.05) is 54.6 Å². The van der Waals surface area contributed by atoms with Crippen LogP contribution in [0.25, 0.3) is 6.08 Å². The predicted molar refractivity (Wildman–Crippen MR) is 100.0 cm³/mol. The lowest BCUT2D eigenvalue weighted by molar-refractivity contribution is 0.103. The molecule has 0 amide bonds. The van der Waals surface area contributed by atoms with Gasteiger partial charge in [0.05, 0.1) is 12.7 Å². The van der Waals surface area contributed by atoms with E-state index < -0.39 is 5.82 Å². The Morgan fingerprint density at radius 1 is 0.923 bits per heavy atom. The Labute approximate surface area is 151 Å². The number of hydrogen-bond acceptors (Lipinski definition) is 2. The fraction of sp³-hybridized carbons (Fsp3) is 0.0870. The standard InChI is InChI=1S/C23H17FO2/c1-26-17-12-10-15(11-13-17)14-19-21(16-6-3-2-4-7-16)18-8-5-9-20(24)22(18)23(19)25/h2-14,21H,1H3/b19-14-/t21-/m1/s1. The summed E-state index contributed by atoms with van der Waals surface area (Å²) >= 11 is 0. The number of allylic oxidation sites excluding steroid dienone is 1. The molecule has 3 aromatic rings. The summed E-state index contributed by atoms with van der Waals surface area (Å²) < 4.78 is 19.6. The third-order valence-electron chi connectivity index (χ3n) is 4.73. The van der Waals surface area contributed by atoms with Crippen LogP contribution in [0.15, 0.2) is 78.4 Å². The second kappa shape index (κ2) is 6.60. The van der Waals surface area contributed by atoms with Crippen LogP contribution in [0.1, 0.15) is 33.0 Å². The Hall–Kier alpha value is -3.20. The first-order valence-electron chi connectivity index (χ1n) is 8.42. The van der Waals surface area contributed by atoms with Gasteiger partial charge in [-0.25, -0.2) is 4.39 Å². The minimum Gasteiger partial charge on any atom is -0.497 e. The van der Waals surface area contributed by atoms with Crippen molar-refractivity contribution in [2.75, 3.05) is 7.11 Å².